The van der Waals surface area contributed by atoms with Crippen LogP contribution < -0.4 is 10.6 Å². The van der Waals surface area contributed by atoms with E-state index in [1.165, 1.54) is 11.1 Å². The second kappa shape index (κ2) is 7.30. The highest BCUT2D eigenvalue weighted by Gasteiger charge is 2.21. The Bertz CT molecular complexity index is 738. The van der Waals surface area contributed by atoms with E-state index in [1.54, 1.807) is 0 Å². The van der Waals surface area contributed by atoms with E-state index < -0.39 is 0 Å². The predicted octanol–water partition coefficient (Wildman–Crippen LogP) is 2.59. The first kappa shape index (κ1) is 16.2. The smallest absolute Gasteiger partial charge is 0.251 e. The lowest BCUT2D eigenvalue weighted by Gasteiger charge is -2.13. The largest absolute Gasteiger partial charge is 0.352 e. The van der Waals surface area contributed by atoms with E-state index in [9.17, 15) is 9.59 Å². The van der Waals surface area contributed by atoms with E-state index >= 15 is 0 Å². The van der Waals surface area contributed by atoms with Crippen molar-refractivity contribution in [2.75, 3.05) is 6.54 Å². The Labute approximate surface area is 142 Å². The van der Waals surface area contributed by atoms with Gasteiger partial charge in [0.1, 0.15) is 0 Å². The molecule has 1 heterocycles. The van der Waals surface area contributed by atoms with Crippen molar-refractivity contribution in [1.82, 2.24) is 10.6 Å². The molecule has 1 aliphatic heterocycles. The zero-order chi connectivity index (χ0) is 16.9. The van der Waals surface area contributed by atoms with Crippen LogP contribution in [0.2, 0.25) is 0 Å². The van der Waals surface area contributed by atoms with Crippen molar-refractivity contribution in [2.24, 2.45) is 0 Å². The van der Waals surface area contributed by atoms with Gasteiger partial charge in [0.2, 0.25) is 5.91 Å². The fourth-order valence-corrected chi connectivity index (χ4v) is 2.96. The number of amides is 2. The van der Waals surface area contributed by atoms with Crippen molar-refractivity contribution in [3.63, 3.8) is 0 Å². The molecule has 0 spiro atoms. The molecule has 1 atom stereocenters. The Morgan fingerprint density at radius 1 is 1.17 bits per heavy atom. The molecule has 3 rings (SSSR count). The Morgan fingerprint density at radius 2 is 1.92 bits per heavy atom. The van der Waals surface area contributed by atoms with Crippen LogP contribution in [0.4, 0.5) is 0 Å². The van der Waals surface area contributed by atoms with Crippen molar-refractivity contribution >= 4 is 11.8 Å². The van der Waals surface area contributed by atoms with Gasteiger partial charge in [-0.15, -0.1) is 0 Å². The summed E-state index contributed by atoms with van der Waals surface area (Å²) in [6.07, 6.45) is 2.05. The number of benzene rings is 2. The summed E-state index contributed by atoms with van der Waals surface area (Å²) in [6, 6.07) is 16.1. The Balaban J connectivity index is 1.67. The average Bonchev–Trinajstić information content (AvgIpc) is 3.01. The molecule has 1 aliphatic rings. The van der Waals surface area contributed by atoms with E-state index in [0.717, 1.165) is 18.4 Å². The van der Waals surface area contributed by atoms with Crippen molar-refractivity contribution in [2.45, 2.75) is 32.2 Å². The monoisotopic (exact) mass is 322 g/mol. The maximum Gasteiger partial charge on any atom is 0.251 e. The van der Waals surface area contributed by atoms with Crippen LogP contribution in [0.1, 0.15) is 39.9 Å². The molecule has 24 heavy (non-hydrogen) atoms. The number of nitrogens with one attached hydrogen (secondary N) is 2. The molecule has 0 bridgehead atoms. The summed E-state index contributed by atoms with van der Waals surface area (Å²) < 4.78 is 0. The molecule has 124 valence electrons. The SMILES string of the molecule is Cc1ccc(Cc2ccccc2C(=O)NC[C@@H]2CCC(=O)N2)cc1. The first-order chi connectivity index (χ1) is 11.6. The summed E-state index contributed by atoms with van der Waals surface area (Å²) in [5, 5.41) is 5.81. The second-order valence-electron chi connectivity index (χ2n) is 6.33. The minimum Gasteiger partial charge on any atom is -0.352 e. The van der Waals surface area contributed by atoms with Crippen molar-refractivity contribution in [3.05, 3.63) is 70.8 Å². The predicted molar refractivity (Wildman–Crippen MR) is 93.9 cm³/mol. The van der Waals surface area contributed by atoms with Crippen LogP contribution in [-0.4, -0.2) is 24.4 Å². The molecule has 0 unspecified atom stereocenters. The minimum atomic E-state index is -0.0844. The van der Waals surface area contributed by atoms with Gasteiger partial charge in [0.05, 0.1) is 0 Å². The molecule has 0 aromatic heterocycles. The first-order valence-corrected chi connectivity index (χ1v) is 8.33. The van der Waals surface area contributed by atoms with E-state index in [2.05, 4.69) is 41.8 Å². The molecule has 2 aromatic carbocycles. The number of carbonyl (C=O) groups is 2. The fourth-order valence-electron chi connectivity index (χ4n) is 2.96. The summed E-state index contributed by atoms with van der Waals surface area (Å²) >= 11 is 0. The number of hydrogen-bond donors (Lipinski definition) is 2. The van der Waals surface area contributed by atoms with Gasteiger partial charge < -0.3 is 10.6 Å². The van der Waals surface area contributed by atoms with Crippen LogP contribution in [0.15, 0.2) is 48.5 Å². The van der Waals surface area contributed by atoms with Crippen LogP contribution in [0, 0.1) is 6.92 Å². The summed E-state index contributed by atoms with van der Waals surface area (Å²) in [7, 11) is 0. The highest BCUT2D eigenvalue weighted by Crippen LogP contribution is 2.15. The molecular formula is C20H22N2O2. The number of rotatable bonds is 5. The highest BCUT2D eigenvalue weighted by atomic mass is 16.2. The van der Waals surface area contributed by atoms with Gasteiger partial charge in [0.25, 0.3) is 5.91 Å². The Morgan fingerprint density at radius 3 is 2.62 bits per heavy atom. The quantitative estimate of drug-likeness (QED) is 0.889. The second-order valence-corrected chi connectivity index (χ2v) is 6.33. The van der Waals surface area contributed by atoms with Gasteiger partial charge in [-0.25, -0.2) is 0 Å². The molecule has 1 saturated heterocycles. The van der Waals surface area contributed by atoms with Gasteiger partial charge >= 0.3 is 0 Å². The molecule has 0 aliphatic carbocycles. The molecule has 0 saturated carbocycles. The molecule has 4 heteroatoms. The van der Waals surface area contributed by atoms with Gasteiger partial charge in [0.15, 0.2) is 0 Å². The van der Waals surface area contributed by atoms with Crippen molar-refractivity contribution in [1.29, 1.82) is 0 Å². The van der Waals surface area contributed by atoms with Crippen molar-refractivity contribution < 1.29 is 9.59 Å². The average molecular weight is 322 g/mol. The number of hydrogen-bond acceptors (Lipinski definition) is 2. The number of aryl methyl sites for hydroxylation is 1. The van der Waals surface area contributed by atoms with Gasteiger partial charge in [-0.1, -0.05) is 48.0 Å². The third-order valence-corrected chi connectivity index (χ3v) is 4.37. The molecule has 0 radical (unpaired) electrons. The van der Waals surface area contributed by atoms with Gasteiger partial charge in [0, 0.05) is 24.6 Å². The lowest BCUT2D eigenvalue weighted by molar-refractivity contribution is -0.119. The highest BCUT2D eigenvalue weighted by molar-refractivity contribution is 5.95. The summed E-state index contributed by atoms with van der Waals surface area (Å²) in [4.78, 5) is 23.7. The van der Waals surface area contributed by atoms with E-state index in [-0.39, 0.29) is 17.9 Å². The topological polar surface area (TPSA) is 58.2 Å². The summed E-state index contributed by atoms with van der Waals surface area (Å²) in [5.74, 6) is -0.0205. The fraction of sp³-hybridized carbons (Fsp3) is 0.300. The lowest BCUT2D eigenvalue weighted by Crippen LogP contribution is -2.38. The van der Waals surface area contributed by atoms with E-state index in [1.807, 2.05) is 24.3 Å². The standard InChI is InChI=1S/C20H22N2O2/c1-14-6-8-15(9-7-14)12-16-4-2-3-5-18(16)20(24)21-13-17-10-11-19(23)22-17/h2-9,17H,10-13H2,1H3,(H,21,24)(H,22,23)/t17-/m0/s1. The molecule has 2 amide bonds. The maximum atomic E-state index is 12.5. The Hall–Kier alpha value is -2.62. The van der Waals surface area contributed by atoms with Crippen LogP contribution >= 0.6 is 0 Å². The summed E-state index contributed by atoms with van der Waals surface area (Å²) in [6.45, 7) is 2.54. The van der Waals surface area contributed by atoms with Gasteiger partial charge in [-0.3, -0.25) is 9.59 Å². The normalized spacial score (nSPS) is 16.7. The molecular weight excluding hydrogens is 300 g/mol. The van der Waals surface area contributed by atoms with Crippen LogP contribution in [0.3, 0.4) is 0 Å². The first-order valence-electron chi connectivity index (χ1n) is 8.33. The zero-order valence-electron chi connectivity index (χ0n) is 13.8. The van der Waals surface area contributed by atoms with Crippen molar-refractivity contribution in [3.8, 4) is 0 Å². The third-order valence-electron chi connectivity index (χ3n) is 4.37. The van der Waals surface area contributed by atoms with Crippen LogP contribution in [-0.2, 0) is 11.2 Å². The maximum absolute atomic E-state index is 12.5. The minimum absolute atomic E-state index is 0.0470. The molecule has 2 N–H and O–H groups in total. The molecule has 4 nitrogen and oxygen atoms in total. The Kier molecular flexibility index (Phi) is 4.94. The lowest BCUT2D eigenvalue weighted by atomic mass is 9.98. The zero-order valence-corrected chi connectivity index (χ0v) is 13.8. The molecule has 1 fully saturated rings. The molecule has 2 aromatic rings. The van der Waals surface area contributed by atoms with E-state index in [4.69, 9.17) is 0 Å². The van der Waals surface area contributed by atoms with Gasteiger partial charge in [-0.05, 0) is 37.0 Å². The number of carbonyl (C=O) groups excluding carboxylic acids is 2. The van der Waals surface area contributed by atoms with Crippen LogP contribution in [0.5, 0.6) is 0 Å². The van der Waals surface area contributed by atoms with Crippen LogP contribution in [0.25, 0.3) is 0 Å². The van der Waals surface area contributed by atoms with E-state index in [0.29, 0.717) is 18.5 Å². The third kappa shape index (κ3) is 4.02. The van der Waals surface area contributed by atoms with Gasteiger partial charge in [-0.2, -0.15) is 0 Å². The summed E-state index contributed by atoms with van der Waals surface area (Å²) in [5.41, 5.74) is 4.11.